The SMILES string of the molecule is CCCCCCCCCCCCCCc1ccc(C(=O)/C=C\C(=O)O)cc1. The average molecular weight is 373 g/mol. The Morgan fingerprint density at radius 2 is 1.22 bits per heavy atom. The molecule has 0 atom stereocenters. The molecule has 1 aromatic rings. The molecule has 0 amide bonds. The molecule has 1 N–H and O–H groups in total. The first kappa shape index (κ1) is 23.1. The van der Waals surface area contributed by atoms with E-state index in [0.29, 0.717) is 5.56 Å². The first-order chi connectivity index (χ1) is 13.1. The van der Waals surface area contributed by atoms with Crippen LogP contribution in [0.1, 0.15) is 99.9 Å². The minimum Gasteiger partial charge on any atom is -0.478 e. The third-order valence-electron chi connectivity index (χ3n) is 4.93. The molecule has 0 radical (unpaired) electrons. The van der Waals surface area contributed by atoms with Gasteiger partial charge >= 0.3 is 5.97 Å². The van der Waals surface area contributed by atoms with Crippen molar-refractivity contribution in [3.05, 3.63) is 47.5 Å². The Kier molecular flexibility index (Phi) is 13.0. The summed E-state index contributed by atoms with van der Waals surface area (Å²) in [5.41, 5.74) is 1.77. The predicted octanol–water partition coefficient (Wildman–Crippen LogP) is 6.75. The third-order valence-corrected chi connectivity index (χ3v) is 4.93. The number of hydrogen-bond acceptors (Lipinski definition) is 2. The monoisotopic (exact) mass is 372 g/mol. The maximum atomic E-state index is 11.8. The number of carboxylic acids is 1. The van der Waals surface area contributed by atoms with Crippen LogP contribution in [0, 0.1) is 0 Å². The first-order valence-corrected chi connectivity index (χ1v) is 10.7. The van der Waals surface area contributed by atoms with Crippen molar-refractivity contribution in [1.82, 2.24) is 0 Å². The lowest BCUT2D eigenvalue weighted by Gasteiger charge is -2.04. The van der Waals surface area contributed by atoms with Crippen LogP contribution in [0.3, 0.4) is 0 Å². The van der Waals surface area contributed by atoms with Crippen molar-refractivity contribution in [2.24, 2.45) is 0 Å². The molecule has 0 aliphatic heterocycles. The lowest BCUT2D eigenvalue weighted by Crippen LogP contribution is -1.97. The van der Waals surface area contributed by atoms with Gasteiger partial charge in [0.15, 0.2) is 5.78 Å². The first-order valence-electron chi connectivity index (χ1n) is 10.7. The molecular formula is C24H36O3. The number of allylic oxidation sites excluding steroid dienone is 1. The molecule has 3 heteroatoms. The number of aliphatic carboxylic acids is 1. The van der Waals surface area contributed by atoms with Gasteiger partial charge in [0.2, 0.25) is 0 Å². The summed E-state index contributed by atoms with van der Waals surface area (Å²) < 4.78 is 0. The second-order valence-electron chi connectivity index (χ2n) is 7.37. The van der Waals surface area contributed by atoms with Gasteiger partial charge in [0.1, 0.15) is 0 Å². The van der Waals surface area contributed by atoms with Crippen molar-refractivity contribution in [2.75, 3.05) is 0 Å². The summed E-state index contributed by atoms with van der Waals surface area (Å²) in [4.78, 5) is 22.2. The van der Waals surface area contributed by atoms with Gasteiger partial charge in [0.25, 0.3) is 0 Å². The lowest BCUT2D eigenvalue weighted by atomic mass is 10.0. The molecule has 150 valence electrons. The maximum absolute atomic E-state index is 11.8. The van der Waals surface area contributed by atoms with Crippen LogP contribution in [0.2, 0.25) is 0 Å². The van der Waals surface area contributed by atoms with Crippen LogP contribution in [-0.4, -0.2) is 16.9 Å². The van der Waals surface area contributed by atoms with Crippen LogP contribution in [0.25, 0.3) is 0 Å². The van der Waals surface area contributed by atoms with E-state index in [2.05, 4.69) is 6.92 Å². The van der Waals surface area contributed by atoms with Gasteiger partial charge in [-0.2, -0.15) is 0 Å². The molecule has 0 fully saturated rings. The van der Waals surface area contributed by atoms with Crippen LogP contribution < -0.4 is 0 Å². The molecule has 0 aliphatic carbocycles. The van der Waals surface area contributed by atoms with E-state index in [9.17, 15) is 9.59 Å². The van der Waals surface area contributed by atoms with Crippen molar-refractivity contribution in [1.29, 1.82) is 0 Å². The molecule has 0 unspecified atom stereocenters. The van der Waals surface area contributed by atoms with Crippen molar-refractivity contribution >= 4 is 11.8 Å². The zero-order valence-corrected chi connectivity index (χ0v) is 16.9. The Bertz CT molecular complexity index is 557. The molecule has 1 aromatic carbocycles. The van der Waals surface area contributed by atoms with Crippen LogP contribution in [0.5, 0.6) is 0 Å². The Morgan fingerprint density at radius 3 is 1.70 bits per heavy atom. The number of aryl methyl sites for hydroxylation is 1. The minimum atomic E-state index is -1.10. The average Bonchev–Trinajstić information content (AvgIpc) is 2.67. The van der Waals surface area contributed by atoms with E-state index in [1.807, 2.05) is 12.1 Å². The fourth-order valence-corrected chi connectivity index (χ4v) is 3.25. The third kappa shape index (κ3) is 12.2. The zero-order chi connectivity index (χ0) is 19.7. The smallest absolute Gasteiger partial charge is 0.328 e. The Hall–Kier alpha value is -1.90. The zero-order valence-electron chi connectivity index (χ0n) is 16.9. The van der Waals surface area contributed by atoms with Gasteiger partial charge in [-0.15, -0.1) is 0 Å². The summed E-state index contributed by atoms with van der Waals surface area (Å²) >= 11 is 0. The largest absolute Gasteiger partial charge is 0.478 e. The van der Waals surface area contributed by atoms with Gasteiger partial charge in [-0.3, -0.25) is 4.79 Å². The number of rotatable bonds is 16. The standard InChI is InChI=1S/C24H36O3/c1-2-3-4-5-6-7-8-9-10-11-12-13-14-21-15-17-22(18-16-21)23(25)19-20-24(26)27/h15-20H,2-14H2,1H3,(H,26,27)/b20-19-. The fraction of sp³-hybridized carbons (Fsp3) is 0.583. The normalized spacial score (nSPS) is 11.1. The molecule has 0 saturated heterocycles. The Labute approximate surface area is 164 Å². The van der Waals surface area contributed by atoms with Gasteiger partial charge in [-0.05, 0) is 24.5 Å². The number of carbonyl (C=O) groups is 2. The van der Waals surface area contributed by atoms with E-state index in [0.717, 1.165) is 18.6 Å². The lowest BCUT2D eigenvalue weighted by molar-refractivity contribution is -0.131. The summed E-state index contributed by atoms with van der Waals surface area (Å²) in [6.07, 6.45) is 19.2. The molecular weight excluding hydrogens is 336 g/mol. The van der Waals surface area contributed by atoms with Crippen molar-refractivity contribution in [2.45, 2.75) is 90.4 Å². The van der Waals surface area contributed by atoms with Gasteiger partial charge in [0, 0.05) is 11.6 Å². The predicted molar refractivity (Wildman–Crippen MR) is 112 cm³/mol. The number of unbranched alkanes of at least 4 members (excludes halogenated alkanes) is 11. The highest BCUT2D eigenvalue weighted by Crippen LogP contribution is 2.14. The molecule has 0 aromatic heterocycles. The summed E-state index contributed by atoms with van der Waals surface area (Å²) in [5.74, 6) is -1.37. The fourth-order valence-electron chi connectivity index (χ4n) is 3.25. The summed E-state index contributed by atoms with van der Waals surface area (Å²) in [6, 6.07) is 7.51. The van der Waals surface area contributed by atoms with Crippen molar-refractivity contribution in [3.63, 3.8) is 0 Å². The number of hydrogen-bond donors (Lipinski definition) is 1. The van der Waals surface area contributed by atoms with E-state index < -0.39 is 5.97 Å². The summed E-state index contributed by atoms with van der Waals surface area (Å²) in [6.45, 7) is 2.26. The van der Waals surface area contributed by atoms with E-state index in [1.165, 1.54) is 82.6 Å². The maximum Gasteiger partial charge on any atom is 0.328 e. The van der Waals surface area contributed by atoms with Crippen LogP contribution in [0.15, 0.2) is 36.4 Å². The molecule has 27 heavy (non-hydrogen) atoms. The quantitative estimate of drug-likeness (QED) is 0.198. The molecule has 3 nitrogen and oxygen atoms in total. The Balaban J connectivity index is 2.05. The second-order valence-corrected chi connectivity index (χ2v) is 7.37. The number of carboxylic acid groups (broad SMARTS) is 1. The number of benzene rings is 1. The second kappa shape index (κ2) is 15.2. The van der Waals surface area contributed by atoms with E-state index in [4.69, 9.17) is 5.11 Å². The summed E-state index contributed by atoms with van der Waals surface area (Å²) in [5, 5.41) is 8.56. The number of carbonyl (C=O) groups excluding carboxylic acids is 1. The van der Waals surface area contributed by atoms with E-state index in [1.54, 1.807) is 12.1 Å². The van der Waals surface area contributed by atoms with Crippen molar-refractivity contribution in [3.8, 4) is 0 Å². The van der Waals surface area contributed by atoms with Gasteiger partial charge < -0.3 is 5.11 Å². The minimum absolute atomic E-state index is 0.269. The topological polar surface area (TPSA) is 54.4 Å². The van der Waals surface area contributed by atoms with Crippen LogP contribution in [-0.2, 0) is 11.2 Å². The van der Waals surface area contributed by atoms with Crippen LogP contribution >= 0.6 is 0 Å². The van der Waals surface area contributed by atoms with Crippen LogP contribution in [0.4, 0.5) is 0 Å². The number of ketones is 1. The van der Waals surface area contributed by atoms with Gasteiger partial charge in [-0.1, -0.05) is 102 Å². The van der Waals surface area contributed by atoms with E-state index >= 15 is 0 Å². The molecule has 0 heterocycles. The van der Waals surface area contributed by atoms with Gasteiger partial charge in [0.05, 0.1) is 0 Å². The molecule has 0 saturated carbocycles. The molecule has 0 spiro atoms. The highest BCUT2D eigenvalue weighted by molar-refractivity contribution is 6.06. The Morgan fingerprint density at radius 1 is 0.741 bits per heavy atom. The highest BCUT2D eigenvalue weighted by atomic mass is 16.4. The summed E-state index contributed by atoms with van der Waals surface area (Å²) in [7, 11) is 0. The molecule has 0 bridgehead atoms. The molecule has 1 rings (SSSR count). The molecule has 0 aliphatic rings. The van der Waals surface area contributed by atoms with E-state index in [-0.39, 0.29) is 5.78 Å². The van der Waals surface area contributed by atoms with Crippen molar-refractivity contribution < 1.29 is 14.7 Å². The highest BCUT2D eigenvalue weighted by Gasteiger charge is 2.03. The van der Waals surface area contributed by atoms with Gasteiger partial charge in [-0.25, -0.2) is 4.79 Å².